The Hall–Kier alpha value is -0.420. The lowest BCUT2D eigenvalue weighted by molar-refractivity contribution is 0.193. The Bertz CT molecular complexity index is 520. The fourth-order valence-corrected chi connectivity index (χ4v) is 4.30. The van der Waals surface area contributed by atoms with Crippen molar-refractivity contribution in [3.63, 3.8) is 0 Å². The first-order valence-electron chi connectivity index (χ1n) is 5.64. The highest BCUT2D eigenvalue weighted by Gasteiger charge is 2.24. The van der Waals surface area contributed by atoms with E-state index in [1.165, 1.54) is 16.9 Å². The van der Waals surface area contributed by atoms with E-state index in [1.54, 1.807) is 16.2 Å². The number of hydrogen-bond donors (Lipinski definition) is 0. The molecule has 1 unspecified atom stereocenters. The standard InChI is InChI=1S/C12H13ClN2S2/c1-8-10-3-5-16-11(10)2-4-15(8)7-9-6-14-12(13)17-9/h3,5-6,8H,2,4,7H2,1H3. The average Bonchev–Trinajstić information content (AvgIpc) is 2.92. The van der Waals surface area contributed by atoms with Crippen LogP contribution in [-0.2, 0) is 13.0 Å². The predicted molar refractivity (Wildman–Crippen MR) is 74.0 cm³/mol. The normalized spacial score (nSPS) is 20.5. The molecule has 0 radical (unpaired) electrons. The highest BCUT2D eigenvalue weighted by molar-refractivity contribution is 7.15. The molecule has 3 heterocycles. The molecule has 2 aromatic rings. The summed E-state index contributed by atoms with van der Waals surface area (Å²) < 4.78 is 0.640. The van der Waals surface area contributed by atoms with Crippen molar-refractivity contribution in [2.75, 3.05) is 6.54 Å². The molecular formula is C12H13ClN2S2. The molecular weight excluding hydrogens is 272 g/mol. The second kappa shape index (κ2) is 4.69. The van der Waals surface area contributed by atoms with E-state index in [0.29, 0.717) is 10.5 Å². The molecule has 17 heavy (non-hydrogen) atoms. The Morgan fingerprint density at radius 3 is 3.24 bits per heavy atom. The number of hydrogen-bond acceptors (Lipinski definition) is 4. The molecule has 0 spiro atoms. The van der Waals surface area contributed by atoms with Crippen molar-refractivity contribution < 1.29 is 0 Å². The maximum absolute atomic E-state index is 5.87. The fourth-order valence-electron chi connectivity index (χ4n) is 2.33. The van der Waals surface area contributed by atoms with Gasteiger partial charge in [0.2, 0.25) is 0 Å². The minimum Gasteiger partial charge on any atom is -0.291 e. The summed E-state index contributed by atoms with van der Waals surface area (Å²) in [5, 5.41) is 2.20. The Morgan fingerprint density at radius 2 is 2.47 bits per heavy atom. The molecule has 1 aliphatic heterocycles. The van der Waals surface area contributed by atoms with Crippen LogP contribution in [0.2, 0.25) is 4.47 Å². The first kappa shape index (κ1) is 11.7. The van der Waals surface area contributed by atoms with Crippen LogP contribution in [0, 0.1) is 0 Å². The van der Waals surface area contributed by atoms with Gasteiger partial charge in [0.05, 0.1) is 0 Å². The maximum Gasteiger partial charge on any atom is 0.183 e. The number of rotatable bonds is 2. The zero-order valence-electron chi connectivity index (χ0n) is 9.52. The molecule has 0 saturated heterocycles. The molecule has 0 bridgehead atoms. The summed E-state index contributed by atoms with van der Waals surface area (Å²) in [4.78, 5) is 9.40. The SMILES string of the molecule is CC1c2ccsc2CCN1Cc1cnc(Cl)s1. The summed E-state index contributed by atoms with van der Waals surface area (Å²) in [7, 11) is 0. The van der Waals surface area contributed by atoms with Gasteiger partial charge in [0.15, 0.2) is 4.47 Å². The van der Waals surface area contributed by atoms with E-state index in [1.807, 2.05) is 17.5 Å². The van der Waals surface area contributed by atoms with Gasteiger partial charge in [-0.1, -0.05) is 11.6 Å². The summed E-state index contributed by atoms with van der Waals surface area (Å²) in [6, 6.07) is 2.77. The van der Waals surface area contributed by atoms with Gasteiger partial charge in [0.25, 0.3) is 0 Å². The third-order valence-electron chi connectivity index (χ3n) is 3.29. The minimum absolute atomic E-state index is 0.505. The quantitative estimate of drug-likeness (QED) is 0.829. The van der Waals surface area contributed by atoms with Crippen molar-refractivity contribution in [3.8, 4) is 0 Å². The van der Waals surface area contributed by atoms with Crippen LogP contribution in [0.25, 0.3) is 0 Å². The number of thiophene rings is 1. The molecule has 1 aliphatic rings. The lowest BCUT2D eigenvalue weighted by atomic mass is 10.0. The molecule has 3 rings (SSSR count). The Labute approximate surface area is 114 Å². The second-order valence-electron chi connectivity index (χ2n) is 4.28. The first-order valence-corrected chi connectivity index (χ1v) is 7.72. The highest BCUT2D eigenvalue weighted by atomic mass is 35.5. The monoisotopic (exact) mass is 284 g/mol. The molecule has 0 amide bonds. The number of halogens is 1. The van der Waals surface area contributed by atoms with Crippen molar-refractivity contribution in [1.29, 1.82) is 0 Å². The van der Waals surface area contributed by atoms with Crippen LogP contribution in [0.3, 0.4) is 0 Å². The van der Waals surface area contributed by atoms with Gasteiger partial charge >= 0.3 is 0 Å². The average molecular weight is 285 g/mol. The number of nitrogens with zero attached hydrogens (tertiary/aromatic N) is 2. The van der Waals surface area contributed by atoms with Gasteiger partial charge in [-0.05, 0) is 30.4 Å². The van der Waals surface area contributed by atoms with Gasteiger partial charge in [-0.2, -0.15) is 0 Å². The van der Waals surface area contributed by atoms with Gasteiger partial charge in [-0.15, -0.1) is 22.7 Å². The topological polar surface area (TPSA) is 16.1 Å². The van der Waals surface area contributed by atoms with Crippen molar-refractivity contribution in [2.24, 2.45) is 0 Å². The molecule has 2 aromatic heterocycles. The van der Waals surface area contributed by atoms with Crippen LogP contribution in [0.5, 0.6) is 0 Å². The summed E-state index contributed by atoms with van der Waals surface area (Å²) in [5.74, 6) is 0. The van der Waals surface area contributed by atoms with Gasteiger partial charge < -0.3 is 0 Å². The molecule has 0 aromatic carbocycles. The van der Waals surface area contributed by atoms with Crippen molar-refractivity contribution >= 4 is 34.3 Å². The van der Waals surface area contributed by atoms with Crippen molar-refractivity contribution in [2.45, 2.75) is 25.9 Å². The number of aromatic nitrogens is 1. The Balaban J connectivity index is 1.78. The van der Waals surface area contributed by atoms with Crippen molar-refractivity contribution in [1.82, 2.24) is 9.88 Å². The van der Waals surface area contributed by atoms with Crippen LogP contribution >= 0.6 is 34.3 Å². The second-order valence-corrected chi connectivity index (χ2v) is 6.97. The van der Waals surface area contributed by atoms with Gasteiger partial charge in [0, 0.05) is 35.1 Å². The molecule has 1 atom stereocenters. The minimum atomic E-state index is 0.505. The number of thiazole rings is 1. The summed E-state index contributed by atoms with van der Waals surface area (Å²) in [5.41, 5.74) is 1.50. The third-order valence-corrected chi connectivity index (χ3v) is 5.38. The molecule has 0 N–H and O–H groups in total. The van der Waals surface area contributed by atoms with E-state index < -0.39 is 0 Å². The molecule has 0 saturated carbocycles. The summed E-state index contributed by atoms with van der Waals surface area (Å²) in [6.07, 6.45) is 3.06. The van der Waals surface area contributed by atoms with E-state index in [9.17, 15) is 0 Å². The van der Waals surface area contributed by atoms with Crippen LogP contribution in [0.15, 0.2) is 17.6 Å². The Morgan fingerprint density at radius 1 is 1.59 bits per heavy atom. The fraction of sp³-hybridized carbons (Fsp3) is 0.417. The van der Waals surface area contributed by atoms with Crippen molar-refractivity contribution in [3.05, 3.63) is 37.4 Å². The molecule has 2 nitrogen and oxygen atoms in total. The highest BCUT2D eigenvalue weighted by Crippen LogP contribution is 2.34. The molecule has 0 fully saturated rings. The number of fused-ring (bicyclic) bond motifs is 1. The van der Waals surface area contributed by atoms with E-state index in [-0.39, 0.29) is 0 Å². The van der Waals surface area contributed by atoms with E-state index in [2.05, 4.69) is 28.3 Å². The predicted octanol–water partition coefficient (Wildman–Crippen LogP) is 3.98. The summed E-state index contributed by atoms with van der Waals surface area (Å²) >= 11 is 9.33. The van der Waals surface area contributed by atoms with Crippen LogP contribution in [0.1, 0.15) is 28.3 Å². The van der Waals surface area contributed by atoms with Gasteiger partial charge in [0.1, 0.15) is 0 Å². The zero-order valence-corrected chi connectivity index (χ0v) is 11.9. The van der Waals surface area contributed by atoms with Crippen LogP contribution < -0.4 is 0 Å². The lowest BCUT2D eigenvalue weighted by Gasteiger charge is -2.33. The van der Waals surface area contributed by atoms with Gasteiger partial charge in [-0.3, -0.25) is 4.90 Å². The van der Waals surface area contributed by atoms with Crippen LogP contribution in [-0.4, -0.2) is 16.4 Å². The van der Waals surface area contributed by atoms with E-state index in [4.69, 9.17) is 11.6 Å². The largest absolute Gasteiger partial charge is 0.291 e. The molecule has 5 heteroatoms. The molecule has 0 aliphatic carbocycles. The smallest absolute Gasteiger partial charge is 0.183 e. The Kier molecular flexibility index (Phi) is 3.21. The van der Waals surface area contributed by atoms with E-state index >= 15 is 0 Å². The van der Waals surface area contributed by atoms with Crippen LogP contribution in [0.4, 0.5) is 0 Å². The third kappa shape index (κ3) is 2.27. The lowest BCUT2D eigenvalue weighted by Crippen LogP contribution is -2.32. The maximum atomic E-state index is 5.87. The van der Waals surface area contributed by atoms with E-state index in [0.717, 1.165) is 13.1 Å². The summed E-state index contributed by atoms with van der Waals surface area (Å²) in [6.45, 7) is 4.37. The molecule has 90 valence electrons. The first-order chi connectivity index (χ1) is 8.24. The zero-order chi connectivity index (χ0) is 11.8. The van der Waals surface area contributed by atoms with Gasteiger partial charge in [-0.25, -0.2) is 4.98 Å².